The van der Waals surface area contributed by atoms with Gasteiger partial charge >= 0.3 is 5.97 Å². The fourth-order valence-electron chi connectivity index (χ4n) is 2.46. The number of nitrogens with zero attached hydrogens (tertiary/aromatic N) is 3. The number of aryl methyl sites for hydroxylation is 1. The Balaban J connectivity index is 1.70. The van der Waals surface area contributed by atoms with Crippen LogP contribution in [0, 0.1) is 11.3 Å². The molecular weight excluding hydrogens is 326 g/mol. The predicted octanol–water partition coefficient (Wildman–Crippen LogP) is 4.19. The topological polar surface area (TPSA) is 75.9 Å². The minimum absolute atomic E-state index is 0.265. The molecule has 2 aromatic carbocycles. The lowest BCUT2D eigenvalue weighted by molar-refractivity contribution is 0.0734. The Morgan fingerprint density at radius 1 is 1.04 bits per heavy atom. The van der Waals surface area contributed by atoms with Crippen LogP contribution in [0.4, 0.5) is 0 Å². The van der Waals surface area contributed by atoms with Gasteiger partial charge in [-0.2, -0.15) is 5.26 Å². The monoisotopic (exact) mass is 343 g/mol. The minimum Gasteiger partial charge on any atom is -0.423 e. The molecule has 0 unspecified atom stereocenters. The summed E-state index contributed by atoms with van der Waals surface area (Å²) in [6.07, 6.45) is 5.05. The number of esters is 1. The molecule has 1 aromatic heterocycles. The highest BCUT2D eigenvalue weighted by molar-refractivity contribution is 5.90. The van der Waals surface area contributed by atoms with Gasteiger partial charge in [0.25, 0.3) is 0 Å². The number of hydrogen-bond acceptors (Lipinski definition) is 5. The van der Waals surface area contributed by atoms with E-state index in [0.717, 1.165) is 18.4 Å². The highest BCUT2D eigenvalue weighted by atomic mass is 16.5. The molecule has 3 rings (SSSR count). The smallest absolute Gasteiger partial charge is 0.346 e. The third-order valence-corrected chi connectivity index (χ3v) is 3.83. The van der Waals surface area contributed by atoms with E-state index in [-0.39, 0.29) is 5.56 Å². The van der Waals surface area contributed by atoms with Gasteiger partial charge in [0, 0.05) is 18.0 Å². The van der Waals surface area contributed by atoms with Gasteiger partial charge in [-0.05, 0) is 36.2 Å². The molecule has 0 saturated carbocycles. The fourth-order valence-corrected chi connectivity index (χ4v) is 2.46. The van der Waals surface area contributed by atoms with Crippen LogP contribution < -0.4 is 4.74 Å². The summed E-state index contributed by atoms with van der Waals surface area (Å²) in [5, 5.41) is 8.78. The fraction of sp³-hybridized carbons (Fsp3) is 0.143. The molecule has 0 aliphatic rings. The average Bonchev–Trinajstić information content (AvgIpc) is 2.69. The van der Waals surface area contributed by atoms with Gasteiger partial charge < -0.3 is 4.74 Å². The summed E-state index contributed by atoms with van der Waals surface area (Å²) < 4.78 is 5.26. The second kappa shape index (κ2) is 8.04. The maximum atomic E-state index is 12.2. The molecule has 0 aliphatic carbocycles. The van der Waals surface area contributed by atoms with Crippen molar-refractivity contribution < 1.29 is 9.53 Å². The van der Waals surface area contributed by atoms with E-state index in [2.05, 4.69) is 29.0 Å². The van der Waals surface area contributed by atoms with Crippen LogP contribution in [0.15, 0.2) is 60.9 Å². The van der Waals surface area contributed by atoms with E-state index in [4.69, 9.17) is 10.00 Å². The number of carbonyl (C=O) groups excluding carboxylic acids is 1. The molecule has 0 spiro atoms. The van der Waals surface area contributed by atoms with Gasteiger partial charge in [-0.1, -0.05) is 37.6 Å². The van der Waals surface area contributed by atoms with E-state index in [0.29, 0.717) is 17.1 Å². The Kier molecular flexibility index (Phi) is 5.35. The van der Waals surface area contributed by atoms with E-state index in [1.54, 1.807) is 24.3 Å². The van der Waals surface area contributed by atoms with Crippen molar-refractivity contribution in [3.8, 4) is 23.2 Å². The summed E-state index contributed by atoms with van der Waals surface area (Å²) in [5.74, 6) is 0.382. The van der Waals surface area contributed by atoms with Gasteiger partial charge in [-0.3, -0.25) is 0 Å². The zero-order chi connectivity index (χ0) is 18.4. The van der Waals surface area contributed by atoms with Crippen LogP contribution in [0.25, 0.3) is 11.4 Å². The molecule has 0 aliphatic heterocycles. The second-order valence-electron chi connectivity index (χ2n) is 5.77. The predicted molar refractivity (Wildman–Crippen MR) is 97.6 cm³/mol. The number of nitriles is 1. The summed E-state index contributed by atoms with van der Waals surface area (Å²) >= 11 is 0. The maximum Gasteiger partial charge on any atom is 0.346 e. The standard InChI is InChI=1S/C21H17N3O2/c1-2-3-15-4-8-17(9-5-15)20-23-13-18(14-24-20)21(25)26-19-10-6-16(12-22)7-11-19/h4-11,13-14H,2-3H2,1H3. The Bertz CT molecular complexity index is 925. The highest BCUT2D eigenvalue weighted by Crippen LogP contribution is 2.17. The van der Waals surface area contributed by atoms with E-state index in [1.807, 2.05) is 18.2 Å². The van der Waals surface area contributed by atoms with Crippen LogP contribution in [0.1, 0.15) is 34.8 Å². The van der Waals surface area contributed by atoms with Crippen LogP contribution >= 0.6 is 0 Å². The van der Waals surface area contributed by atoms with Crippen molar-refractivity contribution in [2.24, 2.45) is 0 Å². The number of ether oxygens (including phenoxy) is 1. The molecule has 128 valence electrons. The number of hydrogen-bond donors (Lipinski definition) is 0. The quantitative estimate of drug-likeness (QED) is 0.513. The first-order valence-corrected chi connectivity index (χ1v) is 8.33. The third kappa shape index (κ3) is 4.11. The van der Waals surface area contributed by atoms with Crippen LogP contribution in [0.2, 0.25) is 0 Å². The van der Waals surface area contributed by atoms with Crippen molar-refractivity contribution in [3.05, 3.63) is 77.6 Å². The molecule has 0 bridgehead atoms. The van der Waals surface area contributed by atoms with Crippen molar-refractivity contribution in [2.45, 2.75) is 19.8 Å². The molecule has 0 atom stereocenters. The molecule has 0 N–H and O–H groups in total. The third-order valence-electron chi connectivity index (χ3n) is 3.83. The maximum absolute atomic E-state index is 12.2. The summed E-state index contributed by atoms with van der Waals surface area (Å²) in [6.45, 7) is 2.15. The molecule has 26 heavy (non-hydrogen) atoms. The van der Waals surface area contributed by atoms with Crippen LogP contribution in [-0.2, 0) is 6.42 Å². The molecule has 5 nitrogen and oxygen atoms in total. The van der Waals surface area contributed by atoms with E-state index < -0.39 is 5.97 Å². The number of carbonyl (C=O) groups is 1. The Morgan fingerprint density at radius 3 is 2.27 bits per heavy atom. The van der Waals surface area contributed by atoms with Crippen LogP contribution in [0.3, 0.4) is 0 Å². The van der Waals surface area contributed by atoms with Crippen molar-refractivity contribution in [3.63, 3.8) is 0 Å². The van der Waals surface area contributed by atoms with Crippen LogP contribution in [0.5, 0.6) is 5.75 Å². The molecule has 1 heterocycles. The Labute approximate surface area is 151 Å². The summed E-state index contributed by atoms with van der Waals surface area (Å²) in [6, 6.07) is 16.4. The van der Waals surface area contributed by atoms with Crippen molar-refractivity contribution in [1.29, 1.82) is 5.26 Å². The first-order valence-electron chi connectivity index (χ1n) is 8.33. The lowest BCUT2D eigenvalue weighted by Gasteiger charge is -2.05. The lowest BCUT2D eigenvalue weighted by atomic mass is 10.1. The Hall–Kier alpha value is -3.52. The molecule has 3 aromatic rings. The Morgan fingerprint density at radius 2 is 1.69 bits per heavy atom. The first-order chi connectivity index (χ1) is 12.7. The van der Waals surface area contributed by atoms with Gasteiger partial charge in [0.05, 0.1) is 17.2 Å². The zero-order valence-corrected chi connectivity index (χ0v) is 14.3. The van der Waals surface area contributed by atoms with E-state index >= 15 is 0 Å². The first kappa shape index (κ1) is 17.3. The van der Waals surface area contributed by atoms with Crippen molar-refractivity contribution in [1.82, 2.24) is 9.97 Å². The molecule has 0 amide bonds. The molecular formula is C21H17N3O2. The minimum atomic E-state index is -0.542. The highest BCUT2D eigenvalue weighted by Gasteiger charge is 2.11. The molecule has 0 radical (unpaired) electrons. The number of rotatable bonds is 5. The largest absolute Gasteiger partial charge is 0.423 e. The SMILES string of the molecule is CCCc1ccc(-c2ncc(C(=O)Oc3ccc(C#N)cc3)cn2)cc1. The summed E-state index contributed by atoms with van der Waals surface area (Å²) in [7, 11) is 0. The van der Waals surface area contributed by atoms with Gasteiger partial charge in [-0.15, -0.1) is 0 Å². The lowest BCUT2D eigenvalue weighted by Crippen LogP contribution is -2.09. The molecule has 0 saturated heterocycles. The summed E-state index contributed by atoms with van der Waals surface area (Å²) in [4.78, 5) is 20.7. The van der Waals surface area contributed by atoms with E-state index in [9.17, 15) is 4.79 Å². The van der Waals surface area contributed by atoms with Gasteiger partial charge in [0.15, 0.2) is 5.82 Å². The van der Waals surface area contributed by atoms with Crippen LogP contribution in [-0.4, -0.2) is 15.9 Å². The van der Waals surface area contributed by atoms with Gasteiger partial charge in [-0.25, -0.2) is 14.8 Å². The number of benzene rings is 2. The van der Waals surface area contributed by atoms with Gasteiger partial charge in [0.1, 0.15) is 5.75 Å². The average molecular weight is 343 g/mol. The second-order valence-corrected chi connectivity index (χ2v) is 5.77. The van der Waals surface area contributed by atoms with Crippen molar-refractivity contribution >= 4 is 5.97 Å². The summed E-state index contributed by atoms with van der Waals surface area (Å²) in [5.41, 5.74) is 2.94. The van der Waals surface area contributed by atoms with Crippen molar-refractivity contribution in [2.75, 3.05) is 0 Å². The molecule has 5 heteroatoms. The molecule has 0 fully saturated rings. The number of aromatic nitrogens is 2. The van der Waals surface area contributed by atoms with Gasteiger partial charge in [0.2, 0.25) is 0 Å². The van der Waals surface area contributed by atoms with E-state index in [1.165, 1.54) is 18.0 Å². The zero-order valence-electron chi connectivity index (χ0n) is 14.3. The normalized spacial score (nSPS) is 10.2.